The van der Waals surface area contributed by atoms with Crippen LogP contribution in [0.25, 0.3) is 0 Å². The highest BCUT2D eigenvalue weighted by Gasteiger charge is 2.19. The Bertz CT molecular complexity index is 1640. The SMILES string of the molecule is CC/C=C\C/C=C\C/C=C\C/C=C\C/C=C\C/C=C\C/C=C\C/C=C\CCCCCCCCCCC(=O)OCC(COC(=O)CCCCCCCCCCCCCCCC)OC(=O)CCCCCCC/C=C\C/C=C\CCCC. The molecular formula is C73H122O6. The molecule has 450 valence electrons. The van der Waals surface area contributed by atoms with E-state index in [9.17, 15) is 14.4 Å². The number of ether oxygens (including phenoxy) is 3. The van der Waals surface area contributed by atoms with Gasteiger partial charge in [-0.05, 0) is 109 Å². The first-order valence-corrected chi connectivity index (χ1v) is 33.0. The van der Waals surface area contributed by atoms with Crippen molar-refractivity contribution in [1.29, 1.82) is 0 Å². The molecule has 0 saturated carbocycles. The van der Waals surface area contributed by atoms with Crippen molar-refractivity contribution in [2.24, 2.45) is 0 Å². The zero-order chi connectivity index (χ0) is 57.1. The largest absolute Gasteiger partial charge is 0.462 e. The molecule has 0 aliphatic carbocycles. The van der Waals surface area contributed by atoms with Gasteiger partial charge in [0.05, 0.1) is 0 Å². The number of allylic oxidation sites excluding steroid dienone is 20. The number of carbonyl (C=O) groups excluding carboxylic acids is 3. The maximum atomic E-state index is 12.9. The first kappa shape index (κ1) is 74.8. The Kier molecular flexibility index (Phi) is 62.8. The fourth-order valence-corrected chi connectivity index (χ4v) is 9.01. The van der Waals surface area contributed by atoms with E-state index in [-0.39, 0.29) is 31.1 Å². The quantitative estimate of drug-likeness (QED) is 0.0261. The van der Waals surface area contributed by atoms with E-state index in [0.717, 1.165) is 141 Å². The molecule has 1 atom stereocenters. The lowest BCUT2D eigenvalue weighted by atomic mass is 10.0. The van der Waals surface area contributed by atoms with Crippen molar-refractivity contribution in [2.75, 3.05) is 13.2 Å². The maximum absolute atomic E-state index is 12.9. The Balaban J connectivity index is 4.27. The van der Waals surface area contributed by atoms with E-state index in [2.05, 4.69) is 142 Å². The molecule has 6 heteroatoms. The Morgan fingerprint density at radius 2 is 0.506 bits per heavy atom. The second-order valence-electron chi connectivity index (χ2n) is 21.6. The van der Waals surface area contributed by atoms with Gasteiger partial charge in [0.25, 0.3) is 0 Å². The molecule has 0 aliphatic rings. The molecule has 0 aromatic carbocycles. The van der Waals surface area contributed by atoms with Crippen LogP contribution in [0.15, 0.2) is 122 Å². The lowest BCUT2D eigenvalue weighted by Crippen LogP contribution is -2.30. The van der Waals surface area contributed by atoms with Gasteiger partial charge in [-0.15, -0.1) is 0 Å². The van der Waals surface area contributed by atoms with Crippen LogP contribution in [0.3, 0.4) is 0 Å². The first-order chi connectivity index (χ1) is 39.0. The van der Waals surface area contributed by atoms with Crippen molar-refractivity contribution in [3.63, 3.8) is 0 Å². The molecule has 0 N–H and O–H groups in total. The second kappa shape index (κ2) is 66.3. The van der Waals surface area contributed by atoms with E-state index in [1.807, 2.05) is 0 Å². The third kappa shape index (κ3) is 64.5. The van der Waals surface area contributed by atoms with Gasteiger partial charge in [0.2, 0.25) is 0 Å². The number of unbranched alkanes of at least 4 members (excludes halogenated alkanes) is 28. The highest BCUT2D eigenvalue weighted by Crippen LogP contribution is 2.16. The van der Waals surface area contributed by atoms with Crippen LogP contribution in [0.2, 0.25) is 0 Å². The summed E-state index contributed by atoms with van der Waals surface area (Å²) in [5, 5.41) is 0. The van der Waals surface area contributed by atoms with Gasteiger partial charge in [0.15, 0.2) is 6.10 Å². The third-order valence-electron chi connectivity index (χ3n) is 14.0. The predicted octanol–water partition coefficient (Wildman–Crippen LogP) is 22.8. The maximum Gasteiger partial charge on any atom is 0.306 e. The highest BCUT2D eigenvalue weighted by molar-refractivity contribution is 5.71. The summed E-state index contributed by atoms with van der Waals surface area (Å²) in [5.41, 5.74) is 0. The molecule has 79 heavy (non-hydrogen) atoms. The van der Waals surface area contributed by atoms with Gasteiger partial charge in [0, 0.05) is 19.3 Å². The highest BCUT2D eigenvalue weighted by atomic mass is 16.6. The molecule has 0 radical (unpaired) electrons. The van der Waals surface area contributed by atoms with Crippen molar-refractivity contribution in [3.8, 4) is 0 Å². The molecule has 0 bridgehead atoms. The smallest absolute Gasteiger partial charge is 0.306 e. The first-order valence-electron chi connectivity index (χ1n) is 33.0. The summed E-state index contributed by atoms with van der Waals surface area (Å²) >= 11 is 0. The molecule has 0 amide bonds. The van der Waals surface area contributed by atoms with Crippen LogP contribution >= 0.6 is 0 Å². The summed E-state index contributed by atoms with van der Waals surface area (Å²) in [5.74, 6) is -0.901. The number of hydrogen-bond donors (Lipinski definition) is 0. The van der Waals surface area contributed by atoms with Crippen molar-refractivity contribution in [1.82, 2.24) is 0 Å². The molecule has 0 aromatic heterocycles. The van der Waals surface area contributed by atoms with Crippen LogP contribution in [0.4, 0.5) is 0 Å². The number of carbonyl (C=O) groups is 3. The summed E-state index contributed by atoms with van der Waals surface area (Å²) in [6.07, 6.45) is 92.1. The molecule has 0 saturated heterocycles. The number of rotatable bonds is 59. The topological polar surface area (TPSA) is 78.9 Å². The zero-order valence-electron chi connectivity index (χ0n) is 51.6. The van der Waals surface area contributed by atoms with Gasteiger partial charge < -0.3 is 14.2 Å². The average Bonchev–Trinajstić information content (AvgIpc) is 3.45. The van der Waals surface area contributed by atoms with Crippen molar-refractivity contribution < 1.29 is 28.6 Å². The van der Waals surface area contributed by atoms with E-state index >= 15 is 0 Å². The minimum absolute atomic E-state index is 0.0849. The molecule has 0 aromatic rings. The summed E-state index contributed by atoms with van der Waals surface area (Å²) in [6.45, 7) is 6.48. The van der Waals surface area contributed by atoms with Gasteiger partial charge in [-0.3, -0.25) is 14.4 Å². The summed E-state index contributed by atoms with van der Waals surface area (Å²) in [7, 11) is 0. The zero-order valence-corrected chi connectivity index (χ0v) is 51.6. The fraction of sp³-hybridized carbons (Fsp3) is 0.685. The van der Waals surface area contributed by atoms with Crippen molar-refractivity contribution in [2.45, 2.75) is 309 Å². The second-order valence-corrected chi connectivity index (χ2v) is 21.6. The van der Waals surface area contributed by atoms with Crippen LogP contribution in [-0.2, 0) is 28.6 Å². The van der Waals surface area contributed by atoms with E-state index in [4.69, 9.17) is 14.2 Å². The van der Waals surface area contributed by atoms with E-state index in [0.29, 0.717) is 19.3 Å². The summed E-state index contributed by atoms with van der Waals surface area (Å²) in [6, 6.07) is 0. The lowest BCUT2D eigenvalue weighted by Gasteiger charge is -2.18. The standard InChI is InChI=1S/C73H122O6/c1-4-7-10-13-16-19-22-25-28-29-30-31-32-33-34-35-36-37-38-39-40-41-42-43-44-45-46-49-51-54-57-60-63-66-72(75)78-69-70(79-73(76)67-64-61-58-55-52-48-27-24-21-18-15-12-9-6-3)68-77-71(74)65-62-59-56-53-50-47-26-23-20-17-14-11-8-5-2/h7,10,15-16,18-19,24-25,27-28,30-31,33-34,36-37,39-40,42-43,70H,4-6,8-9,11-14,17,20-23,26,29,32,35,38,41,44-69H2,1-3H3/b10-7-,18-15-,19-16-,27-24-,28-25-,31-30-,34-33-,37-36-,40-39-,43-42-. The Morgan fingerprint density at radius 3 is 0.810 bits per heavy atom. The number of esters is 3. The van der Waals surface area contributed by atoms with Crippen LogP contribution in [0.5, 0.6) is 0 Å². The monoisotopic (exact) mass is 1090 g/mol. The third-order valence-corrected chi connectivity index (χ3v) is 14.0. The predicted molar refractivity (Wildman–Crippen MR) is 343 cm³/mol. The van der Waals surface area contributed by atoms with Gasteiger partial charge in [-0.1, -0.05) is 296 Å². The summed E-state index contributed by atoms with van der Waals surface area (Å²) < 4.78 is 16.9. The molecule has 0 spiro atoms. The Morgan fingerprint density at radius 1 is 0.266 bits per heavy atom. The van der Waals surface area contributed by atoms with Crippen LogP contribution < -0.4 is 0 Å². The van der Waals surface area contributed by atoms with Crippen LogP contribution in [0.1, 0.15) is 303 Å². The molecule has 1 unspecified atom stereocenters. The summed E-state index contributed by atoms with van der Waals surface area (Å²) in [4.78, 5) is 38.3. The molecule has 0 heterocycles. The minimum atomic E-state index is -0.790. The van der Waals surface area contributed by atoms with Gasteiger partial charge in [0.1, 0.15) is 13.2 Å². The van der Waals surface area contributed by atoms with E-state index < -0.39 is 6.10 Å². The van der Waals surface area contributed by atoms with Gasteiger partial charge >= 0.3 is 17.9 Å². The normalized spacial score (nSPS) is 12.9. The lowest BCUT2D eigenvalue weighted by molar-refractivity contribution is -0.167. The van der Waals surface area contributed by atoms with Crippen LogP contribution in [-0.4, -0.2) is 37.2 Å². The Labute approximate surface area is 488 Å². The van der Waals surface area contributed by atoms with Crippen molar-refractivity contribution in [3.05, 3.63) is 122 Å². The van der Waals surface area contributed by atoms with Gasteiger partial charge in [-0.25, -0.2) is 0 Å². The fourth-order valence-electron chi connectivity index (χ4n) is 9.01. The Hall–Kier alpha value is -4.19. The average molecular weight is 1100 g/mol. The van der Waals surface area contributed by atoms with Crippen LogP contribution in [0, 0.1) is 0 Å². The molecule has 0 rings (SSSR count). The van der Waals surface area contributed by atoms with Gasteiger partial charge in [-0.2, -0.15) is 0 Å². The minimum Gasteiger partial charge on any atom is -0.462 e. The van der Waals surface area contributed by atoms with E-state index in [1.165, 1.54) is 122 Å². The molecule has 0 fully saturated rings. The molecular weight excluding hydrogens is 973 g/mol. The van der Waals surface area contributed by atoms with E-state index in [1.54, 1.807) is 0 Å². The number of hydrogen-bond acceptors (Lipinski definition) is 6. The molecule has 6 nitrogen and oxygen atoms in total. The molecule has 0 aliphatic heterocycles. The van der Waals surface area contributed by atoms with Crippen molar-refractivity contribution >= 4 is 17.9 Å².